The zero-order valence-corrected chi connectivity index (χ0v) is 30.9. The van der Waals surface area contributed by atoms with Crippen LogP contribution in [0.25, 0.3) is 21.9 Å². The van der Waals surface area contributed by atoms with Gasteiger partial charge in [0.25, 0.3) is 5.91 Å². The molecule has 2 aromatic heterocycles. The maximum Gasteiger partial charge on any atom is 0.251 e. The lowest BCUT2D eigenvalue weighted by Crippen LogP contribution is -2.32. The number of aromatic nitrogens is 3. The Kier molecular flexibility index (Phi) is 17.0. The van der Waals surface area contributed by atoms with Crippen LogP contribution in [0, 0.1) is 0 Å². The fraction of sp³-hybridized carbons (Fsp3) is 0.656. The van der Waals surface area contributed by atoms with Crippen LogP contribution in [0.1, 0.15) is 87.9 Å². The summed E-state index contributed by atoms with van der Waals surface area (Å²) in [7, 11) is 1.72. The van der Waals surface area contributed by atoms with Crippen LogP contribution in [-0.2, 0) is 32.2 Å². The number of hydrogen-bond acceptors (Lipinski definition) is 8. The van der Waals surface area contributed by atoms with Gasteiger partial charge in [0.2, 0.25) is 0 Å². The number of carbonyl (C=O) groups excluding carboxylic acids is 1. The lowest BCUT2D eigenvalue weighted by atomic mass is 10.1. The van der Waals surface area contributed by atoms with Gasteiger partial charge in [-0.3, -0.25) is 4.79 Å². The Morgan fingerprint density at radius 1 is 1.05 bits per heavy atom. The summed E-state index contributed by atoms with van der Waals surface area (Å²) in [6.07, 6.45) is 3.93. The predicted molar refractivity (Wildman–Crippen MR) is 189 cm³/mol. The lowest BCUT2D eigenvalue weighted by Gasteiger charge is -2.27. The summed E-state index contributed by atoms with van der Waals surface area (Å²) in [5.41, 5.74) is 0.301. The Morgan fingerprint density at radius 2 is 1.65 bits per heavy atom. The molecular formula is C32H53IN4O5S. The number of anilines is 1. The number of para-hydroxylation sites is 1. The van der Waals surface area contributed by atoms with E-state index in [9.17, 15) is 9.90 Å². The second-order valence-electron chi connectivity index (χ2n) is 12.4. The molecular weight excluding hydrogens is 679 g/mol. The maximum absolute atomic E-state index is 13.0. The van der Waals surface area contributed by atoms with Crippen molar-refractivity contribution in [1.82, 2.24) is 14.5 Å². The van der Waals surface area contributed by atoms with Crippen molar-refractivity contribution in [2.24, 2.45) is 0 Å². The summed E-state index contributed by atoms with van der Waals surface area (Å²) >= 11 is 2.20. The van der Waals surface area contributed by atoms with Crippen LogP contribution in [-0.4, -0.2) is 68.4 Å². The first-order chi connectivity index (χ1) is 20.0. The Hall–Kier alpha value is -1.51. The minimum atomic E-state index is -0.988. The molecule has 0 saturated heterocycles. The van der Waals surface area contributed by atoms with Crippen LogP contribution >= 0.6 is 30.1 Å². The number of nitrogens with one attached hydrogen (secondary N) is 1. The van der Waals surface area contributed by atoms with Crippen LogP contribution < -0.4 is 5.32 Å². The van der Waals surface area contributed by atoms with E-state index in [-0.39, 0.29) is 24.7 Å². The van der Waals surface area contributed by atoms with Gasteiger partial charge in [0, 0.05) is 18.6 Å². The van der Waals surface area contributed by atoms with Gasteiger partial charge < -0.3 is 29.2 Å². The Labute approximate surface area is 274 Å². The third-order valence-corrected chi connectivity index (χ3v) is 5.73. The fourth-order valence-corrected chi connectivity index (χ4v) is 3.93. The molecule has 3 aromatic rings. The SMILES string of the molecule is CCC.CCOCc1nc2c(NC(=O)COC(C)(C)CCOC(C)(C)C)nc3ccccc3c2n1CC(C)(C)O.CSI. The van der Waals surface area contributed by atoms with Crippen LogP contribution in [0.2, 0.25) is 0 Å². The van der Waals surface area contributed by atoms with E-state index in [1.54, 1.807) is 22.8 Å². The number of carbonyl (C=O) groups is 1. The first kappa shape index (κ1) is 39.5. The molecule has 0 aliphatic heterocycles. The summed E-state index contributed by atoms with van der Waals surface area (Å²) in [4.78, 5) is 22.5. The number of nitrogens with zero attached hydrogens (tertiary/aromatic N) is 3. The summed E-state index contributed by atoms with van der Waals surface area (Å²) in [6.45, 7) is 21.1. The van der Waals surface area contributed by atoms with E-state index >= 15 is 0 Å². The van der Waals surface area contributed by atoms with Crippen LogP contribution in [0.3, 0.4) is 0 Å². The van der Waals surface area contributed by atoms with Crippen LogP contribution in [0.5, 0.6) is 0 Å². The molecule has 3 rings (SSSR count). The van der Waals surface area contributed by atoms with Crippen molar-refractivity contribution in [3.8, 4) is 0 Å². The summed E-state index contributed by atoms with van der Waals surface area (Å²) in [5.74, 6) is 0.685. The third-order valence-electron chi connectivity index (χ3n) is 5.73. The van der Waals surface area contributed by atoms with Gasteiger partial charge in [-0.1, -0.05) is 47.4 Å². The molecule has 11 heteroatoms. The summed E-state index contributed by atoms with van der Waals surface area (Å²) < 4.78 is 19.4. The molecule has 0 saturated carbocycles. The lowest BCUT2D eigenvalue weighted by molar-refractivity contribution is -0.128. The van der Waals surface area contributed by atoms with Gasteiger partial charge in [-0.05, 0) is 95.3 Å². The monoisotopic (exact) mass is 732 g/mol. The average molecular weight is 733 g/mol. The quantitative estimate of drug-likeness (QED) is 0.181. The number of imidazole rings is 1. The van der Waals surface area contributed by atoms with E-state index in [1.165, 1.54) is 6.42 Å². The van der Waals surface area contributed by atoms with Crippen molar-refractivity contribution < 1.29 is 24.1 Å². The summed E-state index contributed by atoms with van der Waals surface area (Å²) in [5, 5.41) is 14.4. The number of ether oxygens (including phenoxy) is 3. The third kappa shape index (κ3) is 14.4. The van der Waals surface area contributed by atoms with E-state index < -0.39 is 11.2 Å². The number of pyridine rings is 1. The van der Waals surface area contributed by atoms with E-state index in [2.05, 4.69) is 40.4 Å². The number of halogens is 1. The minimum absolute atomic E-state index is 0.130. The molecule has 1 aromatic carbocycles. The van der Waals surface area contributed by atoms with Crippen molar-refractivity contribution in [2.45, 2.75) is 112 Å². The second kappa shape index (κ2) is 18.5. The van der Waals surface area contributed by atoms with Gasteiger partial charge in [-0.25, -0.2) is 9.97 Å². The van der Waals surface area contributed by atoms with Crippen molar-refractivity contribution in [1.29, 1.82) is 0 Å². The summed E-state index contributed by atoms with van der Waals surface area (Å²) in [6, 6.07) is 7.69. The first-order valence-corrected chi connectivity index (χ1v) is 18.6. The maximum atomic E-state index is 13.0. The van der Waals surface area contributed by atoms with Crippen molar-refractivity contribution in [3.05, 3.63) is 30.1 Å². The van der Waals surface area contributed by atoms with Crippen molar-refractivity contribution in [2.75, 3.05) is 31.4 Å². The Morgan fingerprint density at radius 3 is 2.21 bits per heavy atom. The zero-order valence-electron chi connectivity index (χ0n) is 28.0. The van der Waals surface area contributed by atoms with Gasteiger partial charge in [-0.2, -0.15) is 0 Å². The molecule has 0 spiro atoms. The largest absolute Gasteiger partial charge is 0.389 e. The smallest absolute Gasteiger partial charge is 0.251 e. The normalized spacial score (nSPS) is 12.0. The molecule has 1 amide bonds. The molecule has 0 atom stereocenters. The number of fused-ring (bicyclic) bond motifs is 3. The Balaban J connectivity index is 0.00000142. The zero-order chi connectivity index (χ0) is 32.8. The highest BCUT2D eigenvalue weighted by Gasteiger charge is 2.25. The molecule has 0 aliphatic rings. The van der Waals surface area contributed by atoms with E-state index in [4.69, 9.17) is 24.2 Å². The van der Waals surface area contributed by atoms with Gasteiger partial charge in [0.1, 0.15) is 24.6 Å². The molecule has 0 aliphatic carbocycles. The number of hydrogen-bond donors (Lipinski definition) is 2. The fourth-order valence-electron chi connectivity index (χ4n) is 3.93. The predicted octanol–water partition coefficient (Wildman–Crippen LogP) is 7.95. The molecule has 9 nitrogen and oxygen atoms in total. The molecule has 0 bridgehead atoms. The van der Waals surface area contributed by atoms with Crippen LogP contribution in [0.15, 0.2) is 24.3 Å². The minimum Gasteiger partial charge on any atom is -0.389 e. The Bertz CT molecular complexity index is 1270. The number of benzene rings is 1. The van der Waals surface area contributed by atoms with E-state index in [0.717, 1.165) is 10.9 Å². The number of aliphatic hydroxyl groups is 1. The van der Waals surface area contributed by atoms with Gasteiger partial charge in [0.05, 0.1) is 34.4 Å². The highest BCUT2D eigenvalue weighted by Crippen LogP contribution is 2.31. The van der Waals surface area contributed by atoms with E-state index in [0.29, 0.717) is 48.9 Å². The molecule has 2 heterocycles. The van der Waals surface area contributed by atoms with E-state index in [1.807, 2.05) is 76.6 Å². The molecule has 2 N–H and O–H groups in total. The topological polar surface area (TPSA) is 108 Å². The second-order valence-corrected chi connectivity index (χ2v) is 15.4. The highest BCUT2D eigenvalue weighted by molar-refractivity contribution is 14.2. The molecule has 0 fully saturated rings. The standard InChI is InChI=1S/C28H42N4O5.C3H8.CH3IS/c1-9-35-16-21-30-23-24(32(21)18-27(5,6)34)19-12-10-11-13-20(19)29-25(23)31-22(33)17-37-28(7,8)14-15-36-26(2,3)4;2*1-3-2/h10-13,34H,9,14-18H2,1-8H3,(H,29,31,33);3H2,1-2H3;1H3. The van der Waals surface area contributed by atoms with Crippen LogP contribution in [0.4, 0.5) is 5.82 Å². The molecule has 0 unspecified atom stereocenters. The van der Waals surface area contributed by atoms with Crippen molar-refractivity contribution >= 4 is 63.8 Å². The molecule has 43 heavy (non-hydrogen) atoms. The van der Waals surface area contributed by atoms with Gasteiger partial charge in [0.15, 0.2) is 5.82 Å². The average Bonchev–Trinajstić information content (AvgIpc) is 3.23. The number of rotatable bonds is 12. The van der Waals surface area contributed by atoms with Gasteiger partial charge >= 0.3 is 0 Å². The van der Waals surface area contributed by atoms with Gasteiger partial charge in [-0.15, -0.1) is 0 Å². The molecule has 0 radical (unpaired) electrons. The van der Waals surface area contributed by atoms with Crippen molar-refractivity contribution in [3.63, 3.8) is 0 Å². The first-order valence-electron chi connectivity index (χ1n) is 14.8. The number of amides is 1. The highest BCUT2D eigenvalue weighted by atomic mass is 127. The molecule has 244 valence electrons.